The molecule has 0 saturated heterocycles. The van der Waals surface area contributed by atoms with E-state index in [1.807, 2.05) is 7.05 Å². The zero-order valence-electron chi connectivity index (χ0n) is 9.29. The molecule has 0 unspecified atom stereocenters. The Hall–Kier alpha value is -1.04. The van der Waals surface area contributed by atoms with Crippen LogP contribution in [0, 0.1) is 5.92 Å². The quantitative estimate of drug-likeness (QED) is 0.799. The van der Waals surface area contributed by atoms with E-state index in [9.17, 15) is 8.78 Å². The molecule has 0 atom stereocenters. The molecule has 0 spiro atoms. The van der Waals surface area contributed by atoms with Crippen molar-refractivity contribution in [2.75, 3.05) is 7.05 Å². The second-order valence-electron chi connectivity index (χ2n) is 4.23. The van der Waals surface area contributed by atoms with Crippen molar-refractivity contribution in [2.24, 2.45) is 5.92 Å². The van der Waals surface area contributed by atoms with Crippen LogP contribution in [0.4, 0.5) is 8.78 Å². The van der Waals surface area contributed by atoms with Crippen molar-refractivity contribution in [1.82, 2.24) is 20.3 Å². The molecule has 1 aliphatic rings. The van der Waals surface area contributed by atoms with Crippen molar-refractivity contribution >= 4 is 0 Å². The molecule has 1 fully saturated rings. The third-order valence-electron chi connectivity index (χ3n) is 2.75. The SMILES string of the molecule is CNCc1nnn(CC(F)F)c1CC1CC1. The number of halogens is 2. The summed E-state index contributed by atoms with van der Waals surface area (Å²) in [6.07, 6.45) is 0.844. The molecule has 0 radical (unpaired) electrons. The van der Waals surface area contributed by atoms with Gasteiger partial charge in [0.25, 0.3) is 6.43 Å². The Morgan fingerprint density at radius 3 is 2.81 bits per heavy atom. The van der Waals surface area contributed by atoms with Crippen LogP contribution in [0.15, 0.2) is 0 Å². The molecule has 4 nitrogen and oxygen atoms in total. The van der Waals surface area contributed by atoms with Crippen LogP contribution in [0.3, 0.4) is 0 Å². The minimum atomic E-state index is -2.37. The Kier molecular flexibility index (Phi) is 3.48. The summed E-state index contributed by atoms with van der Waals surface area (Å²) >= 11 is 0. The van der Waals surface area contributed by atoms with E-state index in [2.05, 4.69) is 15.6 Å². The molecule has 0 bridgehead atoms. The number of rotatable bonds is 6. The zero-order chi connectivity index (χ0) is 11.5. The van der Waals surface area contributed by atoms with Crippen LogP contribution in [0.5, 0.6) is 0 Å². The number of alkyl halides is 2. The van der Waals surface area contributed by atoms with Crippen LogP contribution in [0.25, 0.3) is 0 Å². The maximum absolute atomic E-state index is 12.3. The van der Waals surface area contributed by atoms with E-state index in [0.717, 1.165) is 17.8 Å². The van der Waals surface area contributed by atoms with Gasteiger partial charge in [0.05, 0.1) is 11.4 Å². The fourth-order valence-corrected chi connectivity index (χ4v) is 1.77. The predicted molar refractivity (Wildman–Crippen MR) is 55.2 cm³/mol. The first-order valence-electron chi connectivity index (χ1n) is 5.54. The van der Waals surface area contributed by atoms with Gasteiger partial charge in [-0.25, -0.2) is 13.5 Å². The monoisotopic (exact) mass is 230 g/mol. The number of hydrogen-bond donors (Lipinski definition) is 1. The molecule has 1 aromatic rings. The van der Waals surface area contributed by atoms with Crippen LogP contribution in [0.1, 0.15) is 24.2 Å². The van der Waals surface area contributed by atoms with Crippen molar-refractivity contribution in [3.05, 3.63) is 11.4 Å². The molecule has 90 valence electrons. The summed E-state index contributed by atoms with van der Waals surface area (Å²) in [5, 5.41) is 10.7. The van der Waals surface area contributed by atoms with Crippen molar-refractivity contribution < 1.29 is 8.78 Å². The molecule has 0 aliphatic heterocycles. The van der Waals surface area contributed by atoms with Crippen molar-refractivity contribution in [3.8, 4) is 0 Å². The minimum Gasteiger partial charge on any atom is -0.314 e. The standard InChI is InChI=1S/C10H16F2N4/c1-13-5-8-9(4-7-2-3-7)16(15-14-8)6-10(11)12/h7,10,13H,2-6H2,1H3. The summed E-state index contributed by atoms with van der Waals surface area (Å²) in [6, 6.07) is 0. The Morgan fingerprint density at radius 2 is 2.25 bits per heavy atom. The maximum Gasteiger partial charge on any atom is 0.257 e. The number of nitrogens with zero attached hydrogens (tertiary/aromatic N) is 3. The van der Waals surface area contributed by atoms with Crippen LogP contribution < -0.4 is 5.32 Å². The molecule has 0 aromatic carbocycles. The van der Waals surface area contributed by atoms with Crippen LogP contribution >= 0.6 is 0 Å². The normalized spacial score (nSPS) is 16.0. The van der Waals surface area contributed by atoms with Gasteiger partial charge in [-0.1, -0.05) is 5.21 Å². The molecule has 1 heterocycles. The highest BCUT2D eigenvalue weighted by Gasteiger charge is 2.26. The number of nitrogens with one attached hydrogen (secondary N) is 1. The van der Waals surface area contributed by atoms with Crippen molar-refractivity contribution in [2.45, 2.75) is 38.8 Å². The summed E-state index contributed by atoms with van der Waals surface area (Å²) in [6.45, 7) is 0.240. The Bertz CT molecular complexity index is 347. The van der Waals surface area contributed by atoms with E-state index in [0.29, 0.717) is 12.5 Å². The Morgan fingerprint density at radius 1 is 1.50 bits per heavy atom. The van der Waals surface area contributed by atoms with Crippen LogP contribution in [-0.2, 0) is 19.5 Å². The molecular formula is C10H16F2N4. The predicted octanol–water partition coefficient (Wildman–Crippen LogP) is 1.22. The smallest absolute Gasteiger partial charge is 0.257 e. The van der Waals surface area contributed by atoms with Gasteiger partial charge in [0, 0.05) is 6.54 Å². The van der Waals surface area contributed by atoms with E-state index < -0.39 is 6.43 Å². The highest BCUT2D eigenvalue weighted by Crippen LogP contribution is 2.33. The van der Waals surface area contributed by atoms with Gasteiger partial charge >= 0.3 is 0 Å². The minimum absolute atomic E-state index is 0.348. The fraction of sp³-hybridized carbons (Fsp3) is 0.800. The second kappa shape index (κ2) is 4.86. The molecule has 1 saturated carbocycles. The molecule has 2 rings (SSSR count). The summed E-state index contributed by atoms with van der Waals surface area (Å²) in [5.41, 5.74) is 1.67. The zero-order valence-corrected chi connectivity index (χ0v) is 9.29. The number of aromatic nitrogens is 3. The van der Waals surface area contributed by atoms with Gasteiger partial charge in [0.1, 0.15) is 6.54 Å². The fourth-order valence-electron chi connectivity index (χ4n) is 1.77. The Labute approximate surface area is 93.0 Å². The van der Waals surface area contributed by atoms with E-state index in [4.69, 9.17) is 0 Å². The van der Waals surface area contributed by atoms with E-state index in [1.165, 1.54) is 17.5 Å². The highest BCUT2D eigenvalue weighted by molar-refractivity contribution is 5.12. The van der Waals surface area contributed by atoms with E-state index in [-0.39, 0.29) is 6.54 Å². The van der Waals surface area contributed by atoms with Gasteiger partial charge < -0.3 is 5.32 Å². The van der Waals surface area contributed by atoms with Crippen molar-refractivity contribution in [1.29, 1.82) is 0 Å². The van der Waals surface area contributed by atoms with E-state index >= 15 is 0 Å². The molecule has 1 aromatic heterocycles. The van der Waals surface area contributed by atoms with Gasteiger partial charge in [0.15, 0.2) is 0 Å². The van der Waals surface area contributed by atoms with E-state index in [1.54, 1.807) is 0 Å². The second-order valence-corrected chi connectivity index (χ2v) is 4.23. The lowest BCUT2D eigenvalue weighted by Gasteiger charge is -2.06. The lowest BCUT2D eigenvalue weighted by Crippen LogP contribution is -2.14. The molecule has 1 aliphatic carbocycles. The lowest BCUT2D eigenvalue weighted by molar-refractivity contribution is 0.119. The Balaban J connectivity index is 2.14. The first-order chi connectivity index (χ1) is 7.70. The van der Waals surface area contributed by atoms with Crippen molar-refractivity contribution in [3.63, 3.8) is 0 Å². The lowest BCUT2D eigenvalue weighted by atomic mass is 10.2. The van der Waals surface area contributed by atoms with Gasteiger partial charge in [-0.15, -0.1) is 5.10 Å². The third-order valence-corrected chi connectivity index (χ3v) is 2.75. The van der Waals surface area contributed by atoms with Crippen LogP contribution in [-0.4, -0.2) is 28.5 Å². The average Bonchev–Trinajstić information content (AvgIpc) is 2.96. The largest absolute Gasteiger partial charge is 0.314 e. The molecule has 6 heteroatoms. The first kappa shape index (κ1) is 11.4. The molecular weight excluding hydrogens is 214 g/mol. The summed E-state index contributed by atoms with van der Waals surface area (Å²) in [5.74, 6) is 0.644. The van der Waals surface area contributed by atoms with Gasteiger partial charge in [-0.3, -0.25) is 0 Å². The molecule has 1 N–H and O–H groups in total. The molecule has 16 heavy (non-hydrogen) atoms. The van der Waals surface area contributed by atoms with Gasteiger partial charge in [-0.05, 0) is 32.2 Å². The molecule has 0 amide bonds. The van der Waals surface area contributed by atoms with Gasteiger partial charge in [0.2, 0.25) is 0 Å². The summed E-state index contributed by atoms with van der Waals surface area (Å²) in [4.78, 5) is 0. The summed E-state index contributed by atoms with van der Waals surface area (Å²) < 4.78 is 26.0. The highest BCUT2D eigenvalue weighted by atomic mass is 19.3. The average molecular weight is 230 g/mol. The third kappa shape index (κ3) is 2.75. The summed E-state index contributed by atoms with van der Waals surface area (Å²) in [7, 11) is 1.81. The topological polar surface area (TPSA) is 42.7 Å². The van der Waals surface area contributed by atoms with Crippen LogP contribution in [0.2, 0.25) is 0 Å². The maximum atomic E-state index is 12.3. The first-order valence-corrected chi connectivity index (χ1v) is 5.54. The van der Waals surface area contributed by atoms with Gasteiger partial charge in [-0.2, -0.15) is 0 Å². The number of hydrogen-bond acceptors (Lipinski definition) is 3.